The highest BCUT2D eigenvalue weighted by molar-refractivity contribution is 7.18. The summed E-state index contributed by atoms with van der Waals surface area (Å²) < 4.78 is 36.5. The Morgan fingerprint density at radius 1 is 1.21 bits per heavy atom. The number of carbonyl (C=O) groups is 4. The van der Waals surface area contributed by atoms with Crippen molar-refractivity contribution in [2.24, 2.45) is 5.92 Å². The summed E-state index contributed by atoms with van der Waals surface area (Å²) in [5.41, 5.74) is 0.197. The number of ether oxygens (including phenoxy) is 2. The molecule has 2 heterocycles. The molecule has 1 aromatic carbocycles. The van der Waals surface area contributed by atoms with E-state index in [1.165, 1.54) is 29.2 Å². The Morgan fingerprint density at radius 3 is 2.63 bits per heavy atom. The van der Waals surface area contributed by atoms with Crippen molar-refractivity contribution in [2.45, 2.75) is 31.9 Å². The Hall–Kier alpha value is -3.29. The minimum absolute atomic E-state index is 0.0981. The molecule has 2 aliphatic rings. The van der Waals surface area contributed by atoms with Crippen molar-refractivity contribution in [3.05, 3.63) is 39.5 Å². The summed E-state index contributed by atoms with van der Waals surface area (Å²) in [7, 11) is 0. The molecule has 1 aromatic heterocycles. The topological polar surface area (TPSA) is 126 Å². The molecular formula is C24H25ClF2N4O6S. The maximum Gasteiger partial charge on any atom is 0.387 e. The smallest absolute Gasteiger partial charge is 0.387 e. The average molecular weight is 571 g/mol. The largest absolute Gasteiger partial charge is 0.433 e. The Morgan fingerprint density at radius 2 is 2.00 bits per heavy atom. The van der Waals surface area contributed by atoms with E-state index in [0.717, 1.165) is 17.8 Å². The predicted molar refractivity (Wildman–Crippen MR) is 136 cm³/mol. The van der Waals surface area contributed by atoms with Gasteiger partial charge in [0, 0.05) is 30.8 Å². The molecule has 38 heavy (non-hydrogen) atoms. The van der Waals surface area contributed by atoms with Crippen LogP contribution in [-0.4, -0.2) is 62.6 Å². The molecule has 2 fully saturated rings. The zero-order valence-corrected chi connectivity index (χ0v) is 21.6. The van der Waals surface area contributed by atoms with E-state index in [2.05, 4.69) is 20.7 Å². The fourth-order valence-electron chi connectivity index (χ4n) is 3.87. The van der Waals surface area contributed by atoms with Crippen LogP contribution in [0.4, 0.5) is 20.2 Å². The first-order chi connectivity index (χ1) is 18.2. The number of alkyl halides is 2. The normalized spacial score (nSPS) is 16.5. The molecule has 1 saturated carbocycles. The number of thiophene rings is 1. The van der Waals surface area contributed by atoms with Crippen LogP contribution in [0.3, 0.4) is 0 Å². The second kappa shape index (κ2) is 12.5. The third kappa shape index (κ3) is 6.97. The SMILES string of the molecule is O=C(NC[C@H](NC(=O)C1CCC1)C(=O)Nc1ccc(N2CCOCC2=O)cc1OC(F)F)c1ccc(Cl)s1. The fourth-order valence-corrected chi connectivity index (χ4v) is 4.83. The van der Waals surface area contributed by atoms with Crippen LogP contribution in [0, 0.1) is 5.92 Å². The second-order valence-corrected chi connectivity index (χ2v) is 10.4. The summed E-state index contributed by atoms with van der Waals surface area (Å²) in [6, 6.07) is 5.89. The molecule has 1 aliphatic carbocycles. The van der Waals surface area contributed by atoms with Crippen molar-refractivity contribution >= 4 is 57.9 Å². The van der Waals surface area contributed by atoms with Gasteiger partial charge in [-0.3, -0.25) is 19.2 Å². The summed E-state index contributed by atoms with van der Waals surface area (Å²) in [5, 5.41) is 7.72. The van der Waals surface area contributed by atoms with Crippen LogP contribution in [0.15, 0.2) is 30.3 Å². The molecule has 4 amide bonds. The van der Waals surface area contributed by atoms with Gasteiger partial charge in [-0.15, -0.1) is 11.3 Å². The molecule has 2 aromatic rings. The summed E-state index contributed by atoms with van der Waals surface area (Å²) in [6.07, 6.45) is 2.28. The Balaban J connectivity index is 1.51. The van der Waals surface area contributed by atoms with Gasteiger partial charge in [0.15, 0.2) is 5.75 Å². The molecule has 4 rings (SSSR count). The van der Waals surface area contributed by atoms with E-state index in [4.69, 9.17) is 16.3 Å². The van der Waals surface area contributed by atoms with Gasteiger partial charge in [0.2, 0.25) is 11.8 Å². The van der Waals surface area contributed by atoms with Gasteiger partial charge in [-0.05, 0) is 37.1 Å². The maximum absolute atomic E-state index is 13.2. The number of nitrogens with zero attached hydrogens (tertiary/aromatic N) is 1. The molecule has 1 saturated heterocycles. The lowest BCUT2D eigenvalue weighted by Crippen LogP contribution is -2.52. The van der Waals surface area contributed by atoms with Gasteiger partial charge in [-0.1, -0.05) is 18.0 Å². The molecule has 14 heteroatoms. The van der Waals surface area contributed by atoms with Crippen LogP contribution >= 0.6 is 22.9 Å². The molecule has 1 atom stereocenters. The number of benzene rings is 1. The molecule has 10 nitrogen and oxygen atoms in total. The van der Waals surface area contributed by atoms with Crippen molar-refractivity contribution in [2.75, 3.05) is 36.5 Å². The highest BCUT2D eigenvalue weighted by Crippen LogP contribution is 2.32. The minimum atomic E-state index is -3.20. The molecule has 3 N–H and O–H groups in total. The van der Waals surface area contributed by atoms with Gasteiger partial charge in [0.1, 0.15) is 12.6 Å². The number of halogens is 3. The monoisotopic (exact) mass is 570 g/mol. The zero-order valence-electron chi connectivity index (χ0n) is 20.0. The van der Waals surface area contributed by atoms with Gasteiger partial charge in [0.25, 0.3) is 11.8 Å². The Bertz CT molecular complexity index is 1210. The standard InChI is InChI=1S/C24H25ClF2N4O6S/c25-19-7-6-18(38-19)23(35)28-11-16(30-21(33)13-2-1-3-13)22(34)29-15-5-4-14(10-17(15)37-24(26)27)31-8-9-36-12-20(31)32/h4-7,10,13,16,24H,1-3,8-9,11-12H2,(H,28,35)(H,29,34)(H,30,33)/t16-/m0/s1. The maximum atomic E-state index is 13.2. The summed E-state index contributed by atoms with van der Waals surface area (Å²) >= 11 is 6.93. The molecule has 204 valence electrons. The first-order valence-corrected chi connectivity index (χ1v) is 13.0. The number of hydrogen-bond acceptors (Lipinski definition) is 7. The number of morpholine rings is 1. The summed E-state index contributed by atoms with van der Waals surface area (Å²) in [6.45, 7) is -3.10. The predicted octanol–water partition coefficient (Wildman–Crippen LogP) is 3.02. The van der Waals surface area contributed by atoms with Gasteiger partial charge in [-0.2, -0.15) is 8.78 Å². The number of nitrogens with one attached hydrogen (secondary N) is 3. The van der Waals surface area contributed by atoms with Crippen LogP contribution in [0.2, 0.25) is 4.34 Å². The molecule has 0 bridgehead atoms. The van der Waals surface area contributed by atoms with E-state index in [1.807, 2.05) is 0 Å². The fraction of sp³-hybridized carbons (Fsp3) is 0.417. The van der Waals surface area contributed by atoms with Gasteiger partial charge in [-0.25, -0.2) is 0 Å². The number of anilines is 2. The van der Waals surface area contributed by atoms with Crippen molar-refractivity contribution < 1.29 is 37.4 Å². The average Bonchev–Trinajstić information content (AvgIpc) is 3.28. The molecular weight excluding hydrogens is 546 g/mol. The minimum Gasteiger partial charge on any atom is -0.433 e. The first-order valence-electron chi connectivity index (χ1n) is 11.8. The highest BCUT2D eigenvalue weighted by atomic mass is 35.5. The first kappa shape index (κ1) is 27.7. The molecule has 0 radical (unpaired) electrons. The van der Waals surface area contributed by atoms with Crippen molar-refractivity contribution in [3.63, 3.8) is 0 Å². The van der Waals surface area contributed by atoms with E-state index in [0.29, 0.717) is 27.7 Å². The van der Waals surface area contributed by atoms with Crippen molar-refractivity contribution in [3.8, 4) is 5.75 Å². The highest BCUT2D eigenvalue weighted by Gasteiger charge is 2.30. The molecule has 0 spiro atoms. The third-order valence-corrected chi connectivity index (χ3v) is 7.34. The van der Waals surface area contributed by atoms with Crippen LogP contribution in [0.25, 0.3) is 0 Å². The lowest BCUT2D eigenvalue weighted by atomic mass is 9.84. The van der Waals surface area contributed by atoms with Gasteiger partial charge >= 0.3 is 6.61 Å². The summed E-state index contributed by atoms with van der Waals surface area (Å²) in [5.74, 6) is -2.53. The van der Waals surface area contributed by atoms with Crippen LogP contribution in [0.1, 0.15) is 28.9 Å². The van der Waals surface area contributed by atoms with E-state index in [-0.39, 0.29) is 55.5 Å². The number of amides is 4. The van der Waals surface area contributed by atoms with Gasteiger partial charge < -0.3 is 30.3 Å². The summed E-state index contributed by atoms with van der Waals surface area (Å²) in [4.78, 5) is 52.1. The number of rotatable bonds is 10. The van der Waals surface area contributed by atoms with Crippen molar-refractivity contribution in [1.29, 1.82) is 0 Å². The van der Waals surface area contributed by atoms with E-state index >= 15 is 0 Å². The van der Waals surface area contributed by atoms with E-state index in [1.54, 1.807) is 6.07 Å². The van der Waals surface area contributed by atoms with E-state index in [9.17, 15) is 28.0 Å². The molecule has 1 aliphatic heterocycles. The van der Waals surface area contributed by atoms with Crippen molar-refractivity contribution in [1.82, 2.24) is 10.6 Å². The third-order valence-electron chi connectivity index (χ3n) is 6.11. The molecule has 0 unspecified atom stereocenters. The van der Waals surface area contributed by atoms with Crippen LogP contribution < -0.4 is 25.6 Å². The Labute approximate surface area is 225 Å². The lowest BCUT2D eigenvalue weighted by molar-refractivity contribution is -0.131. The van der Waals surface area contributed by atoms with E-state index < -0.39 is 24.5 Å². The van der Waals surface area contributed by atoms with Gasteiger partial charge in [0.05, 0.1) is 21.5 Å². The quantitative estimate of drug-likeness (QED) is 0.403. The number of carbonyl (C=O) groups excluding carboxylic acids is 4. The number of hydrogen-bond donors (Lipinski definition) is 3. The second-order valence-electron chi connectivity index (χ2n) is 8.65. The Kier molecular flexibility index (Phi) is 9.13. The lowest BCUT2D eigenvalue weighted by Gasteiger charge is -2.28. The zero-order chi connectivity index (χ0) is 27.2. The van der Waals surface area contributed by atoms with Crippen LogP contribution in [-0.2, 0) is 19.1 Å². The van der Waals surface area contributed by atoms with Crippen LogP contribution in [0.5, 0.6) is 5.75 Å².